The predicted molar refractivity (Wildman–Crippen MR) is 91.6 cm³/mol. The number of carbonyl (C=O) groups excluding carboxylic acids is 2. The van der Waals surface area contributed by atoms with Crippen molar-refractivity contribution in [3.63, 3.8) is 0 Å². The molecule has 0 saturated carbocycles. The molecule has 3 rings (SSSR count). The number of nitrogens with zero attached hydrogens (tertiary/aromatic N) is 3. The first-order valence-corrected chi connectivity index (χ1v) is 8.73. The van der Waals surface area contributed by atoms with E-state index in [0.29, 0.717) is 10.8 Å². The van der Waals surface area contributed by atoms with Crippen LogP contribution in [-0.4, -0.2) is 47.4 Å². The lowest BCUT2D eigenvalue weighted by Crippen LogP contribution is -2.43. The standard InChI is InChI=1S/C13H16N6O2S2/c1-8(20)16-13-18-10(7-22-13)11(21)17-9-6-15-23-12(9)19-4-2-14-3-5-19/h6-7,14H,2-5H2,1H3,(H,17,21)(H,16,18,20). The van der Waals surface area contributed by atoms with E-state index >= 15 is 0 Å². The number of carbonyl (C=O) groups is 2. The van der Waals surface area contributed by atoms with Crippen LogP contribution in [0.1, 0.15) is 17.4 Å². The van der Waals surface area contributed by atoms with Gasteiger partial charge in [-0.3, -0.25) is 9.59 Å². The van der Waals surface area contributed by atoms with Crippen molar-refractivity contribution < 1.29 is 9.59 Å². The minimum atomic E-state index is -0.311. The zero-order chi connectivity index (χ0) is 16.2. The van der Waals surface area contributed by atoms with E-state index in [1.54, 1.807) is 11.6 Å². The molecule has 2 aromatic heterocycles. The zero-order valence-electron chi connectivity index (χ0n) is 12.5. The van der Waals surface area contributed by atoms with Gasteiger partial charge >= 0.3 is 0 Å². The predicted octanol–water partition coefficient (Wildman–Crippen LogP) is 1.22. The Balaban J connectivity index is 1.69. The summed E-state index contributed by atoms with van der Waals surface area (Å²) in [6.45, 7) is 5.00. The maximum Gasteiger partial charge on any atom is 0.275 e. The van der Waals surface area contributed by atoms with Gasteiger partial charge in [-0.25, -0.2) is 4.98 Å². The van der Waals surface area contributed by atoms with Gasteiger partial charge in [0.2, 0.25) is 5.91 Å². The van der Waals surface area contributed by atoms with Gasteiger partial charge in [-0.05, 0) is 11.5 Å². The van der Waals surface area contributed by atoms with Crippen molar-refractivity contribution in [3.8, 4) is 0 Å². The molecule has 0 unspecified atom stereocenters. The van der Waals surface area contributed by atoms with Crippen LogP contribution < -0.4 is 20.9 Å². The molecule has 0 bridgehead atoms. The summed E-state index contributed by atoms with van der Waals surface area (Å²) < 4.78 is 4.18. The summed E-state index contributed by atoms with van der Waals surface area (Å²) in [6.07, 6.45) is 1.65. The number of hydrogen-bond donors (Lipinski definition) is 3. The fraction of sp³-hybridized carbons (Fsp3) is 0.385. The van der Waals surface area contributed by atoms with Crippen molar-refractivity contribution in [2.45, 2.75) is 6.92 Å². The van der Waals surface area contributed by atoms with E-state index in [-0.39, 0.29) is 17.5 Å². The van der Waals surface area contributed by atoms with Gasteiger partial charge < -0.3 is 20.9 Å². The maximum absolute atomic E-state index is 12.3. The summed E-state index contributed by atoms with van der Waals surface area (Å²) in [5.74, 6) is -0.524. The highest BCUT2D eigenvalue weighted by molar-refractivity contribution is 7.14. The molecule has 1 saturated heterocycles. The van der Waals surface area contributed by atoms with Crippen molar-refractivity contribution >= 4 is 50.5 Å². The fourth-order valence-electron chi connectivity index (χ4n) is 2.19. The Morgan fingerprint density at radius 2 is 2.09 bits per heavy atom. The zero-order valence-corrected chi connectivity index (χ0v) is 14.1. The van der Waals surface area contributed by atoms with Crippen molar-refractivity contribution in [2.24, 2.45) is 0 Å². The average molecular weight is 352 g/mol. The second kappa shape index (κ2) is 7.02. The van der Waals surface area contributed by atoms with Crippen LogP contribution in [0.4, 0.5) is 15.8 Å². The highest BCUT2D eigenvalue weighted by Gasteiger charge is 2.19. The fourth-order valence-corrected chi connectivity index (χ4v) is 3.68. The Bertz CT molecular complexity index is 707. The first kappa shape index (κ1) is 15.8. The van der Waals surface area contributed by atoms with E-state index in [9.17, 15) is 9.59 Å². The molecule has 0 radical (unpaired) electrons. The van der Waals surface area contributed by atoms with E-state index in [1.807, 2.05) is 0 Å². The number of nitrogens with one attached hydrogen (secondary N) is 3. The van der Waals surface area contributed by atoms with Crippen LogP contribution in [0, 0.1) is 0 Å². The summed E-state index contributed by atoms with van der Waals surface area (Å²) in [4.78, 5) is 29.6. The Hall–Kier alpha value is -2.04. The Morgan fingerprint density at radius 3 is 2.83 bits per heavy atom. The third-order valence-corrected chi connectivity index (χ3v) is 4.84. The molecule has 1 fully saturated rings. The second-order valence-electron chi connectivity index (χ2n) is 4.95. The van der Waals surface area contributed by atoms with E-state index in [0.717, 1.165) is 31.2 Å². The van der Waals surface area contributed by atoms with Gasteiger partial charge in [0.25, 0.3) is 5.91 Å². The Kier molecular flexibility index (Phi) is 4.84. The highest BCUT2D eigenvalue weighted by atomic mass is 32.1. The molecule has 0 aromatic carbocycles. The van der Waals surface area contributed by atoms with E-state index < -0.39 is 0 Å². The molecule has 2 amide bonds. The molecule has 0 spiro atoms. The van der Waals surface area contributed by atoms with Gasteiger partial charge in [0.05, 0.1) is 11.9 Å². The molecule has 8 nitrogen and oxygen atoms in total. The lowest BCUT2D eigenvalue weighted by atomic mass is 10.3. The molecule has 1 aliphatic heterocycles. The van der Waals surface area contributed by atoms with Crippen molar-refractivity contribution in [2.75, 3.05) is 41.7 Å². The molecule has 10 heteroatoms. The molecule has 0 aliphatic carbocycles. The van der Waals surface area contributed by atoms with Crippen LogP contribution in [0.2, 0.25) is 0 Å². The number of aromatic nitrogens is 2. The van der Waals surface area contributed by atoms with Crippen molar-refractivity contribution in [1.82, 2.24) is 14.7 Å². The van der Waals surface area contributed by atoms with E-state index in [2.05, 4.69) is 30.2 Å². The summed E-state index contributed by atoms with van der Waals surface area (Å²) in [6, 6.07) is 0. The summed E-state index contributed by atoms with van der Waals surface area (Å²) >= 11 is 2.58. The van der Waals surface area contributed by atoms with Crippen LogP contribution in [0.3, 0.4) is 0 Å². The largest absolute Gasteiger partial charge is 0.358 e. The van der Waals surface area contributed by atoms with Gasteiger partial charge in [-0.15, -0.1) is 11.3 Å². The molecular formula is C13H16N6O2S2. The number of amides is 2. The van der Waals surface area contributed by atoms with Gasteiger partial charge in [0.1, 0.15) is 10.7 Å². The lowest BCUT2D eigenvalue weighted by molar-refractivity contribution is -0.114. The molecule has 122 valence electrons. The number of anilines is 3. The van der Waals surface area contributed by atoms with Gasteiger partial charge in [0, 0.05) is 38.5 Å². The van der Waals surface area contributed by atoms with Crippen LogP contribution in [-0.2, 0) is 4.79 Å². The molecule has 3 heterocycles. The minimum absolute atomic E-state index is 0.214. The average Bonchev–Trinajstić information content (AvgIpc) is 3.17. The SMILES string of the molecule is CC(=O)Nc1nc(C(=O)Nc2cnsc2N2CCNCC2)cs1. The topological polar surface area (TPSA) is 99.2 Å². The van der Waals surface area contributed by atoms with Crippen molar-refractivity contribution in [3.05, 3.63) is 17.3 Å². The van der Waals surface area contributed by atoms with Gasteiger partial charge in [-0.1, -0.05) is 0 Å². The van der Waals surface area contributed by atoms with Crippen LogP contribution >= 0.6 is 22.9 Å². The Morgan fingerprint density at radius 1 is 1.30 bits per heavy atom. The number of thiazole rings is 1. The molecule has 0 atom stereocenters. The third-order valence-electron chi connectivity index (χ3n) is 3.22. The Labute approximate surface area is 141 Å². The maximum atomic E-state index is 12.3. The molecule has 2 aromatic rings. The van der Waals surface area contributed by atoms with E-state index in [1.165, 1.54) is 29.8 Å². The van der Waals surface area contributed by atoms with Crippen LogP contribution in [0.5, 0.6) is 0 Å². The smallest absolute Gasteiger partial charge is 0.275 e. The monoisotopic (exact) mass is 352 g/mol. The molecule has 3 N–H and O–H groups in total. The van der Waals surface area contributed by atoms with Gasteiger partial charge in [0.15, 0.2) is 5.13 Å². The number of rotatable bonds is 4. The summed E-state index contributed by atoms with van der Waals surface area (Å²) in [7, 11) is 0. The summed E-state index contributed by atoms with van der Waals surface area (Å²) in [5.41, 5.74) is 0.965. The van der Waals surface area contributed by atoms with Gasteiger partial charge in [-0.2, -0.15) is 4.37 Å². The van der Waals surface area contributed by atoms with Crippen molar-refractivity contribution in [1.29, 1.82) is 0 Å². The summed E-state index contributed by atoms with van der Waals surface area (Å²) in [5, 5.41) is 11.7. The first-order valence-electron chi connectivity index (χ1n) is 7.08. The minimum Gasteiger partial charge on any atom is -0.358 e. The quantitative estimate of drug-likeness (QED) is 0.765. The third kappa shape index (κ3) is 3.84. The number of piperazine rings is 1. The van der Waals surface area contributed by atoms with E-state index in [4.69, 9.17) is 0 Å². The normalized spacial score (nSPS) is 14.6. The second-order valence-corrected chi connectivity index (χ2v) is 6.59. The molecule has 1 aliphatic rings. The molecular weight excluding hydrogens is 336 g/mol. The lowest BCUT2D eigenvalue weighted by Gasteiger charge is -2.28. The van der Waals surface area contributed by atoms with Crippen LogP contribution in [0.15, 0.2) is 11.6 Å². The van der Waals surface area contributed by atoms with Crippen LogP contribution in [0.25, 0.3) is 0 Å². The number of hydrogen-bond acceptors (Lipinski definition) is 8. The highest BCUT2D eigenvalue weighted by Crippen LogP contribution is 2.31. The molecule has 23 heavy (non-hydrogen) atoms. The first-order chi connectivity index (χ1) is 11.1.